The molecule has 0 aliphatic carbocycles. The van der Waals surface area contributed by atoms with Crippen molar-refractivity contribution in [3.05, 3.63) is 12.2 Å². The van der Waals surface area contributed by atoms with Gasteiger partial charge in [-0.15, -0.1) is 6.58 Å². The molecular weight excluding hydrogens is 218 g/mol. The van der Waals surface area contributed by atoms with Crippen LogP contribution in [0, 0.1) is 5.92 Å². The molecule has 98 valence electrons. The van der Waals surface area contributed by atoms with E-state index >= 15 is 0 Å². The summed E-state index contributed by atoms with van der Waals surface area (Å²) in [6.45, 7) is 9.37. The van der Waals surface area contributed by atoms with Crippen molar-refractivity contribution in [1.82, 2.24) is 5.32 Å². The van der Waals surface area contributed by atoms with Crippen LogP contribution in [0.5, 0.6) is 0 Å². The van der Waals surface area contributed by atoms with Crippen LogP contribution in [0.1, 0.15) is 46.5 Å². The monoisotopic (exact) mass is 241 g/mol. The highest BCUT2D eigenvalue weighted by atomic mass is 16.4. The van der Waals surface area contributed by atoms with Gasteiger partial charge in [0.05, 0.1) is 0 Å². The van der Waals surface area contributed by atoms with Gasteiger partial charge in [-0.3, -0.25) is 4.79 Å². The summed E-state index contributed by atoms with van der Waals surface area (Å²) in [6.07, 6.45) is 2.79. The van der Waals surface area contributed by atoms with E-state index in [1.807, 2.05) is 13.8 Å². The first-order valence-electron chi connectivity index (χ1n) is 6.06. The molecular formula is C13H23NO3. The van der Waals surface area contributed by atoms with E-state index in [0.717, 1.165) is 18.4 Å². The molecule has 2 N–H and O–H groups in total. The fourth-order valence-electron chi connectivity index (χ4n) is 1.60. The number of aliphatic carboxylic acids is 1. The van der Waals surface area contributed by atoms with Crippen molar-refractivity contribution < 1.29 is 14.7 Å². The molecule has 0 rings (SSSR count). The highest BCUT2D eigenvalue weighted by molar-refractivity contribution is 5.84. The molecule has 2 unspecified atom stereocenters. The van der Waals surface area contributed by atoms with Gasteiger partial charge in [0.1, 0.15) is 6.04 Å². The number of carboxylic acids is 1. The molecule has 17 heavy (non-hydrogen) atoms. The smallest absolute Gasteiger partial charge is 0.326 e. The van der Waals surface area contributed by atoms with Crippen LogP contribution in [0.2, 0.25) is 0 Å². The van der Waals surface area contributed by atoms with Crippen LogP contribution in [0.15, 0.2) is 12.2 Å². The maximum atomic E-state index is 11.7. The Labute approximate surface area is 103 Å². The Morgan fingerprint density at radius 3 is 2.41 bits per heavy atom. The van der Waals surface area contributed by atoms with Gasteiger partial charge in [0.25, 0.3) is 0 Å². The van der Waals surface area contributed by atoms with Gasteiger partial charge < -0.3 is 10.4 Å². The second-order valence-corrected chi connectivity index (χ2v) is 4.60. The van der Waals surface area contributed by atoms with Crippen molar-refractivity contribution in [2.45, 2.75) is 52.5 Å². The van der Waals surface area contributed by atoms with Gasteiger partial charge in [-0.25, -0.2) is 4.79 Å². The Hall–Kier alpha value is -1.32. The molecule has 0 saturated carbocycles. The number of amides is 1. The maximum Gasteiger partial charge on any atom is 0.326 e. The lowest BCUT2D eigenvalue weighted by Gasteiger charge is -2.17. The first kappa shape index (κ1) is 15.7. The zero-order chi connectivity index (χ0) is 13.4. The van der Waals surface area contributed by atoms with E-state index in [4.69, 9.17) is 5.11 Å². The van der Waals surface area contributed by atoms with E-state index in [0.29, 0.717) is 12.8 Å². The highest BCUT2D eigenvalue weighted by Crippen LogP contribution is 2.10. The molecule has 0 heterocycles. The van der Waals surface area contributed by atoms with Gasteiger partial charge in [-0.2, -0.15) is 0 Å². The summed E-state index contributed by atoms with van der Waals surface area (Å²) in [7, 11) is 0. The molecule has 0 bridgehead atoms. The second kappa shape index (κ2) is 7.87. The lowest BCUT2D eigenvalue weighted by atomic mass is 10.0. The Morgan fingerprint density at radius 1 is 1.41 bits per heavy atom. The topological polar surface area (TPSA) is 66.4 Å². The average molecular weight is 241 g/mol. The first-order chi connectivity index (χ1) is 7.88. The highest BCUT2D eigenvalue weighted by Gasteiger charge is 2.22. The van der Waals surface area contributed by atoms with Crippen LogP contribution in [-0.4, -0.2) is 23.0 Å². The first-order valence-corrected chi connectivity index (χ1v) is 6.06. The van der Waals surface area contributed by atoms with Crippen molar-refractivity contribution >= 4 is 11.9 Å². The molecule has 0 aromatic heterocycles. The third-order valence-electron chi connectivity index (χ3n) is 2.56. The Balaban J connectivity index is 4.29. The number of carbonyl (C=O) groups excluding carboxylic acids is 1. The zero-order valence-electron chi connectivity index (χ0n) is 11.0. The third kappa shape index (κ3) is 6.76. The van der Waals surface area contributed by atoms with Crippen molar-refractivity contribution in [3.63, 3.8) is 0 Å². The number of rotatable bonds is 8. The van der Waals surface area contributed by atoms with E-state index in [-0.39, 0.29) is 11.8 Å². The van der Waals surface area contributed by atoms with Gasteiger partial charge in [0, 0.05) is 5.92 Å². The summed E-state index contributed by atoms with van der Waals surface area (Å²) < 4.78 is 0. The summed E-state index contributed by atoms with van der Waals surface area (Å²) in [6, 6.07) is -0.768. The molecule has 4 heteroatoms. The molecule has 4 nitrogen and oxygen atoms in total. The van der Waals surface area contributed by atoms with Crippen LogP contribution < -0.4 is 5.32 Å². The minimum Gasteiger partial charge on any atom is -0.480 e. The van der Waals surface area contributed by atoms with Crippen LogP contribution in [0.25, 0.3) is 0 Å². The van der Waals surface area contributed by atoms with Crippen molar-refractivity contribution in [3.8, 4) is 0 Å². The van der Waals surface area contributed by atoms with Crippen molar-refractivity contribution in [2.24, 2.45) is 5.92 Å². The molecule has 0 saturated heterocycles. The minimum atomic E-state index is -0.964. The fraction of sp³-hybridized carbons (Fsp3) is 0.692. The quantitative estimate of drug-likeness (QED) is 0.641. The number of hydrogen-bond donors (Lipinski definition) is 2. The van der Waals surface area contributed by atoms with Gasteiger partial charge in [-0.1, -0.05) is 32.3 Å². The molecule has 0 fully saturated rings. The zero-order valence-corrected chi connectivity index (χ0v) is 11.0. The number of carboxylic acid groups (broad SMARTS) is 1. The maximum absolute atomic E-state index is 11.7. The van der Waals surface area contributed by atoms with E-state index in [1.165, 1.54) is 0 Å². The Bertz CT molecular complexity index is 286. The average Bonchev–Trinajstić information content (AvgIpc) is 2.22. The Kier molecular flexibility index (Phi) is 7.26. The molecule has 0 spiro atoms. The van der Waals surface area contributed by atoms with Crippen molar-refractivity contribution in [2.75, 3.05) is 0 Å². The van der Waals surface area contributed by atoms with Gasteiger partial charge in [0.15, 0.2) is 0 Å². The number of allylic oxidation sites excluding steroid dienone is 1. The summed E-state index contributed by atoms with van der Waals surface area (Å²) in [4.78, 5) is 22.7. The van der Waals surface area contributed by atoms with Crippen LogP contribution in [0.4, 0.5) is 0 Å². The summed E-state index contributed by atoms with van der Waals surface area (Å²) >= 11 is 0. The SMILES string of the molecule is C=C(C)CC(C)C(=O)NC(CCCC)C(=O)O. The largest absolute Gasteiger partial charge is 0.480 e. The van der Waals surface area contributed by atoms with E-state index in [1.54, 1.807) is 6.92 Å². The summed E-state index contributed by atoms with van der Waals surface area (Å²) in [5.41, 5.74) is 0.924. The molecule has 0 aliphatic heterocycles. The lowest BCUT2D eigenvalue weighted by molar-refractivity contribution is -0.142. The molecule has 1 amide bonds. The standard InChI is InChI=1S/C13H23NO3/c1-5-6-7-11(13(16)17)14-12(15)10(4)8-9(2)3/h10-11H,2,5-8H2,1,3-4H3,(H,14,15)(H,16,17). The molecule has 2 atom stereocenters. The lowest BCUT2D eigenvalue weighted by Crippen LogP contribution is -2.43. The normalized spacial score (nSPS) is 13.8. The predicted octanol–water partition coefficient (Wildman–Crippen LogP) is 2.35. The predicted molar refractivity (Wildman–Crippen MR) is 67.7 cm³/mol. The van der Waals surface area contributed by atoms with E-state index in [2.05, 4.69) is 11.9 Å². The summed E-state index contributed by atoms with van der Waals surface area (Å²) in [5, 5.41) is 11.6. The van der Waals surface area contributed by atoms with Gasteiger partial charge in [-0.05, 0) is 19.8 Å². The van der Waals surface area contributed by atoms with Crippen molar-refractivity contribution in [1.29, 1.82) is 0 Å². The van der Waals surface area contributed by atoms with E-state index in [9.17, 15) is 9.59 Å². The van der Waals surface area contributed by atoms with Crippen LogP contribution in [-0.2, 0) is 9.59 Å². The number of unbranched alkanes of at least 4 members (excludes halogenated alkanes) is 1. The van der Waals surface area contributed by atoms with Gasteiger partial charge in [0.2, 0.25) is 5.91 Å². The van der Waals surface area contributed by atoms with E-state index < -0.39 is 12.0 Å². The number of carbonyl (C=O) groups is 2. The molecule has 0 aromatic carbocycles. The second-order valence-electron chi connectivity index (χ2n) is 4.60. The molecule has 0 aliphatic rings. The fourth-order valence-corrected chi connectivity index (χ4v) is 1.60. The molecule has 0 radical (unpaired) electrons. The van der Waals surface area contributed by atoms with Crippen LogP contribution >= 0.6 is 0 Å². The number of nitrogens with one attached hydrogen (secondary N) is 1. The number of hydrogen-bond acceptors (Lipinski definition) is 2. The Morgan fingerprint density at radius 2 is 2.00 bits per heavy atom. The summed E-state index contributed by atoms with van der Waals surface area (Å²) in [5.74, 6) is -1.40. The van der Waals surface area contributed by atoms with Gasteiger partial charge >= 0.3 is 5.97 Å². The molecule has 0 aromatic rings. The third-order valence-corrected chi connectivity index (χ3v) is 2.56. The minimum absolute atomic E-state index is 0.212. The van der Waals surface area contributed by atoms with Crippen LogP contribution in [0.3, 0.4) is 0 Å².